The fourth-order valence-electron chi connectivity index (χ4n) is 1.63. The lowest BCUT2D eigenvalue weighted by atomic mass is 10.1. The molecule has 2 aromatic rings. The number of hydrogen-bond donors (Lipinski definition) is 1. The molecule has 20 heavy (non-hydrogen) atoms. The monoisotopic (exact) mass is 274 g/mol. The van der Waals surface area contributed by atoms with Gasteiger partial charge in [-0.1, -0.05) is 12.1 Å². The first-order valence-corrected chi connectivity index (χ1v) is 6.08. The summed E-state index contributed by atoms with van der Waals surface area (Å²) in [6.07, 6.45) is 1.56. The van der Waals surface area contributed by atoms with Crippen LogP contribution in [0, 0.1) is 5.82 Å². The highest BCUT2D eigenvalue weighted by atomic mass is 19.1. The first kappa shape index (κ1) is 13.9. The molecule has 5 nitrogen and oxygen atoms in total. The summed E-state index contributed by atoms with van der Waals surface area (Å²) in [4.78, 5) is 21.7. The fourth-order valence-corrected chi connectivity index (χ4v) is 1.63. The van der Waals surface area contributed by atoms with Crippen LogP contribution in [-0.2, 0) is 11.2 Å². The van der Waals surface area contributed by atoms with Crippen molar-refractivity contribution in [3.05, 3.63) is 48.0 Å². The molecule has 0 fully saturated rings. The van der Waals surface area contributed by atoms with E-state index in [2.05, 4.69) is 15.3 Å². The van der Waals surface area contributed by atoms with Gasteiger partial charge in [0.25, 0.3) is 0 Å². The summed E-state index contributed by atoms with van der Waals surface area (Å²) in [7, 11) is 3.71. The van der Waals surface area contributed by atoms with Gasteiger partial charge >= 0.3 is 0 Å². The Labute approximate surface area is 116 Å². The standard InChI is InChI=1S/C14H15FN4O/c1-19(2)13-8-12(16-9-17-13)18-14(20)7-10-3-5-11(15)6-4-10/h3-6,8-9H,7H2,1-2H3,(H,16,17,18,20). The van der Waals surface area contributed by atoms with Crippen LogP contribution in [0.3, 0.4) is 0 Å². The Kier molecular flexibility index (Phi) is 4.24. The minimum atomic E-state index is -0.319. The van der Waals surface area contributed by atoms with E-state index in [1.807, 2.05) is 19.0 Å². The molecule has 0 aliphatic carbocycles. The van der Waals surface area contributed by atoms with Crippen molar-refractivity contribution in [1.29, 1.82) is 0 Å². The summed E-state index contributed by atoms with van der Waals surface area (Å²) in [6.45, 7) is 0. The lowest BCUT2D eigenvalue weighted by Crippen LogP contribution is -2.17. The van der Waals surface area contributed by atoms with Crippen LogP contribution in [0.25, 0.3) is 0 Å². The van der Waals surface area contributed by atoms with E-state index in [1.165, 1.54) is 18.5 Å². The summed E-state index contributed by atoms with van der Waals surface area (Å²) in [5.41, 5.74) is 0.741. The van der Waals surface area contributed by atoms with E-state index in [0.29, 0.717) is 11.6 Å². The molecule has 1 aromatic heterocycles. The van der Waals surface area contributed by atoms with Crippen LogP contribution < -0.4 is 10.2 Å². The van der Waals surface area contributed by atoms with E-state index in [4.69, 9.17) is 0 Å². The first-order valence-electron chi connectivity index (χ1n) is 6.08. The maximum Gasteiger partial charge on any atom is 0.229 e. The highest BCUT2D eigenvalue weighted by molar-refractivity contribution is 5.91. The van der Waals surface area contributed by atoms with Crippen LogP contribution in [0.5, 0.6) is 0 Å². The Balaban J connectivity index is 2.01. The molecule has 0 radical (unpaired) electrons. The predicted octanol–water partition coefficient (Wildman–Crippen LogP) is 1.86. The van der Waals surface area contributed by atoms with E-state index < -0.39 is 0 Å². The normalized spacial score (nSPS) is 10.2. The number of anilines is 2. The lowest BCUT2D eigenvalue weighted by Gasteiger charge is -2.11. The van der Waals surface area contributed by atoms with Crippen LogP contribution in [0.2, 0.25) is 0 Å². The second kappa shape index (κ2) is 6.10. The topological polar surface area (TPSA) is 58.1 Å². The zero-order chi connectivity index (χ0) is 14.5. The molecule has 0 unspecified atom stereocenters. The second-order valence-corrected chi connectivity index (χ2v) is 4.51. The van der Waals surface area contributed by atoms with Gasteiger partial charge < -0.3 is 10.2 Å². The number of benzene rings is 1. The third-order valence-electron chi connectivity index (χ3n) is 2.66. The van der Waals surface area contributed by atoms with Crippen molar-refractivity contribution >= 4 is 17.5 Å². The molecule has 0 aliphatic rings. The van der Waals surface area contributed by atoms with E-state index in [9.17, 15) is 9.18 Å². The minimum Gasteiger partial charge on any atom is -0.363 e. The Bertz CT molecular complexity index is 598. The van der Waals surface area contributed by atoms with Gasteiger partial charge in [-0.25, -0.2) is 14.4 Å². The third-order valence-corrected chi connectivity index (χ3v) is 2.66. The fraction of sp³-hybridized carbons (Fsp3) is 0.214. The van der Waals surface area contributed by atoms with E-state index >= 15 is 0 Å². The van der Waals surface area contributed by atoms with Gasteiger partial charge in [0, 0.05) is 20.2 Å². The molecule has 2 rings (SSSR count). The Hall–Kier alpha value is -2.50. The summed E-state index contributed by atoms with van der Waals surface area (Å²) < 4.78 is 12.8. The predicted molar refractivity (Wildman–Crippen MR) is 75.1 cm³/mol. The minimum absolute atomic E-state index is 0.168. The molecule has 1 heterocycles. The third kappa shape index (κ3) is 3.74. The van der Waals surface area contributed by atoms with Gasteiger partial charge in [-0.2, -0.15) is 0 Å². The van der Waals surface area contributed by atoms with Crippen molar-refractivity contribution in [2.75, 3.05) is 24.3 Å². The average molecular weight is 274 g/mol. The van der Waals surface area contributed by atoms with Gasteiger partial charge in [0.1, 0.15) is 23.8 Å². The van der Waals surface area contributed by atoms with Crippen LogP contribution in [-0.4, -0.2) is 30.0 Å². The molecule has 0 bridgehead atoms. The van der Waals surface area contributed by atoms with Gasteiger partial charge in [0.15, 0.2) is 0 Å². The number of amides is 1. The number of aromatic nitrogens is 2. The molecule has 0 atom stereocenters. The van der Waals surface area contributed by atoms with Crippen molar-refractivity contribution in [1.82, 2.24) is 9.97 Å². The number of halogens is 1. The highest BCUT2D eigenvalue weighted by Gasteiger charge is 2.07. The van der Waals surface area contributed by atoms with Crippen molar-refractivity contribution in [2.45, 2.75) is 6.42 Å². The first-order chi connectivity index (χ1) is 9.54. The van der Waals surface area contributed by atoms with Crippen LogP contribution in [0.4, 0.5) is 16.0 Å². The zero-order valence-corrected chi connectivity index (χ0v) is 11.3. The molecule has 1 aromatic carbocycles. The number of hydrogen-bond acceptors (Lipinski definition) is 4. The number of nitrogens with one attached hydrogen (secondary N) is 1. The van der Waals surface area contributed by atoms with Crippen molar-refractivity contribution in [3.63, 3.8) is 0 Å². The van der Waals surface area contributed by atoms with Gasteiger partial charge in [0.2, 0.25) is 5.91 Å². The van der Waals surface area contributed by atoms with Gasteiger partial charge in [-0.3, -0.25) is 4.79 Å². The van der Waals surface area contributed by atoms with Crippen molar-refractivity contribution in [2.24, 2.45) is 0 Å². The molecule has 0 spiro atoms. The summed E-state index contributed by atoms with van der Waals surface area (Å²) in [5.74, 6) is 0.619. The molecular formula is C14H15FN4O. The number of carbonyl (C=O) groups is 1. The molecular weight excluding hydrogens is 259 g/mol. The van der Waals surface area contributed by atoms with Crippen molar-refractivity contribution in [3.8, 4) is 0 Å². The summed E-state index contributed by atoms with van der Waals surface area (Å²) in [6, 6.07) is 7.51. The van der Waals surface area contributed by atoms with Gasteiger partial charge in [0.05, 0.1) is 6.42 Å². The highest BCUT2D eigenvalue weighted by Crippen LogP contribution is 2.11. The number of rotatable bonds is 4. The maximum absolute atomic E-state index is 12.8. The van der Waals surface area contributed by atoms with E-state index in [0.717, 1.165) is 5.56 Å². The summed E-state index contributed by atoms with van der Waals surface area (Å²) >= 11 is 0. The quantitative estimate of drug-likeness (QED) is 0.924. The van der Waals surface area contributed by atoms with Gasteiger partial charge in [-0.15, -0.1) is 0 Å². The summed E-state index contributed by atoms with van der Waals surface area (Å²) in [5, 5.41) is 2.69. The lowest BCUT2D eigenvalue weighted by molar-refractivity contribution is -0.115. The van der Waals surface area contributed by atoms with E-state index in [1.54, 1.807) is 18.2 Å². The Morgan fingerprint density at radius 1 is 1.25 bits per heavy atom. The SMILES string of the molecule is CN(C)c1cc(NC(=O)Cc2ccc(F)cc2)ncn1. The molecule has 0 saturated carbocycles. The zero-order valence-electron chi connectivity index (χ0n) is 11.3. The average Bonchev–Trinajstić information content (AvgIpc) is 2.41. The molecule has 104 valence electrons. The molecule has 1 amide bonds. The largest absolute Gasteiger partial charge is 0.363 e. The second-order valence-electron chi connectivity index (χ2n) is 4.51. The molecule has 0 aliphatic heterocycles. The van der Waals surface area contributed by atoms with Crippen LogP contribution in [0.15, 0.2) is 36.7 Å². The Morgan fingerprint density at radius 2 is 1.95 bits per heavy atom. The van der Waals surface area contributed by atoms with E-state index in [-0.39, 0.29) is 18.1 Å². The number of carbonyl (C=O) groups excluding carboxylic acids is 1. The maximum atomic E-state index is 12.8. The molecule has 0 saturated heterocycles. The molecule has 1 N–H and O–H groups in total. The Morgan fingerprint density at radius 3 is 2.60 bits per heavy atom. The van der Waals surface area contributed by atoms with Crippen LogP contribution >= 0.6 is 0 Å². The smallest absolute Gasteiger partial charge is 0.229 e. The van der Waals surface area contributed by atoms with Crippen LogP contribution in [0.1, 0.15) is 5.56 Å². The molecule has 6 heteroatoms. The number of nitrogens with zero attached hydrogens (tertiary/aromatic N) is 3. The van der Waals surface area contributed by atoms with Crippen molar-refractivity contribution < 1.29 is 9.18 Å². The van der Waals surface area contributed by atoms with Gasteiger partial charge in [-0.05, 0) is 17.7 Å².